The van der Waals surface area contributed by atoms with Gasteiger partial charge in [-0.25, -0.2) is 4.98 Å². The Labute approximate surface area is 186 Å². The SMILES string of the molecule is CN=C(NCc1coc(-c2cccs2)n1)N1CCC(Cc2ccccc2)C1.I. The van der Waals surface area contributed by atoms with E-state index in [9.17, 15) is 0 Å². The maximum absolute atomic E-state index is 5.59. The standard InChI is InChI=1S/C21H24N4OS.HI/c1-22-21(23-13-18-15-26-20(24-18)19-8-5-11-27-19)25-10-9-17(14-25)12-16-6-3-2-4-7-16;/h2-8,11,15,17H,9-10,12-14H2,1H3,(H,22,23);1H. The number of likely N-dealkylation sites (tertiary alicyclic amines) is 1. The lowest BCUT2D eigenvalue weighted by atomic mass is 9.99. The summed E-state index contributed by atoms with van der Waals surface area (Å²) in [5.74, 6) is 2.29. The van der Waals surface area contributed by atoms with Gasteiger partial charge in [0, 0.05) is 20.1 Å². The van der Waals surface area contributed by atoms with E-state index in [1.54, 1.807) is 17.6 Å². The first-order valence-electron chi connectivity index (χ1n) is 9.29. The molecule has 0 saturated carbocycles. The summed E-state index contributed by atoms with van der Waals surface area (Å²) in [6.07, 6.45) is 4.04. The molecule has 0 aliphatic carbocycles. The predicted molar refractivity (Wildman–Crippen MR) is 125 cm³/mol. The predicted octanol–water partition coefficient (Wildman–Crippen LogP) is 4.66. The Kier molecular flexibility index (Phi) is 7.50. The van der Waals surface area contributed by atoms with Crippen molar-refractivity contribution in [2.45, 2.75) is 19.4 Å². The Hall–Kier alpha value is -1.87. The van der Waals surface area contributed by atoms with Crippen molar-refractivity contribution in [1.82, 2.24) is 15.2 Å². The molecule has 3 aromatic rings. The molecule has 0 bridgehead atoms. The second-order valence-corrected chi connectivity index (χ2v) is 7.76. The Morgan fingerprint density at radius 1 is 1.29 bits per heavy atom. The number of guanidine groups is 1. The van der Waals surface area contributed by atoms with Crippen LogP contribution in [-0.2, 0) is 13.0 Å². The fourth-order valence-corrected chi connectivity index (χ4v) is 4.20. The van der Waals surface area contributed by atoms with Crippen LogP contribution < -0.4 is 5.32 Å². The second kappa shape index (κ2) is 10.1. The molecular formula is C21H25IN4OS. The molecule has 2 aromatic heterocycles. The number of rotatable bonds is 5. The lowest BCUT2D eigenvalue weighted by Gasteiger charge is -2.21. The topological polar surface area (TPSA) is 53.7 Å². The van der Waals surface area contributed by atoms with Gasteiger partial charge in [0.05, 0.1) is 17.1 Å². The van der Waals surface area contributed by atoms with Crippen molar-refractivity contribution >= 4 is 41.3 Å². The van der Waals surface area contributed by atoms with Gasteiger partial charge in [0.15, 0.2) is 5.96 Å². The lowest BCUT2D eigenvalue weighted by molar-refractivity contribution is 0.459. The smallest absolute Gasteiger partial charge is 0.236 e. The van der Waals surface area contributed by atoms with Crippen molar-refractivity contribution in [2.24, 2.45) is 10.9 Å². The first kappa shape index (κ1) is 20.9. The fraction of sp³-hybridized carbons (Fsp3) is 0.333. The highest BCUT2D eigenvalue weighted by molar-refractivity contribution is 14.0. The normalized spacial score (nSPS) is 16.8. The van der Waals surface area contributed by atoms with Crippen molar-refractivity contribution in [3.63, 3.8) is 0 Å². The van der Waals surface area contributed by atoms with E-state index in [0.29, 0.717) is 18.4 Å². The number of halogens is 1. The zero-order valence-electron chi connectivity index (χ0n) is 15.9. The third kappa shape index (κ3) is 5.14. The molecule has 1 saturated heterocycles. The molecule has 148 valence electrons. The van der Waals surface area contributed by atoms with Crippen LogP contribution in [0.5, 0.6) is 0 Å². The highest BCUT2D eigenvalue weighted by Gasteiger charge is 2.25. The van der Waals surface area contributed by atoms with Gasteiger partial charge in [0.25, 0.3) is 0 Å². The molecule has 7 heteroatoms. The summed E-state index contributed by atoms with van der Waals surface area (Å²) in [5.41, 5.74) is 2.30. The van der Waals surface area contributed by atoms with E-state index in [4.69, 9.17) is 4.42 Å². The minimum absolute atomic E-state index is 0. The highest BCUT2D eigenvalue weighted by atomic mass is 127. The number of nitrogens with one attached hydrogen (secondary N) is 1. The molecule has 3 heterocycles. The molecular weight excluding hydrogens is 483 g/mol. The van der Waals surface area contributed by atoms with Crippen LogP contribution >= 0.6 is 35.3 Å². The van der Waals surface area contributed by atoms with Crippen molar-refractivity contribution in [3.05, 3.63) is 65.4 Å². The van der Waals surface area contributed by atoms with Crippen molar-refractivity contribution in [1.29, 1.82) is 0 Å². The first-order chi connectivity index (χ1) is 13.3. The van der Waals surface area contributed by atoms with E-state index in [0.717, 1.165) is 36.0 Å². The van der Waals surface area contributed by atoms with Gasteiger partial charge in [-0.2, -0.15) is 0 Å². The molecule has 1 aliphatic heterocycles. The number of oxazole rings is 1. The van der Waals surface area contributed by atoms with Crippen LogP contribution in [0.1, 0.15) is 17.7 Å². The molecule has 1 fully saturated rings. The summed E-state index contributed by atoms with van der Waals surface area (Å²) in [6, 6.07) is 14.8. The zero-order chi connectivity index (χ0) is 18.5. The van der Waals surface area contributed by atoms with Gasteiger partial charge in [0.1, 0.15) is 6.26 Å². The van der Waals surface area contributed by atoms with E-state index in [2.05, 4.69) is 50.5 Å². The van der Waals surface area contributed by atoms with Gasteiger partial charge >= 0.3 is 0 Å². The highest BCUT2D eigenvalue weighted by Crippen LogP contribution is 2.24. The van der Waals surface area contributed by atoms with Crippen LogP contribution in [0.25, 0.3) is 10.8 Å². The van der Waals surface area contributed by atoms with Crippen LogP contribution in [0.3, 0.4) is 0 Å². The van der Waals surface area contributed by atoms with Crippen molar-refractivity contribution in [3.8, 4) is 10.8 Å². The molecule has 1 aliphatic rings. The van der Waals surface area contributed by atoms with Gasteiger partial charge in [-0.1, -0.05) is 36.4 Å². The number of aliphatic imine (C=N–C) groups is 1. The minimum atomic E-state index is 0. The first-order valence-corrected chi connectivity index (χ1v) is 10.2. The lowest BCUT2D eigenvalue weighted by Crippen LogP contribution is -2.39. The monoisotopic (exact) mass is 508 g/mol. The Morgan fingerprint density at radius 3 is 2.89 bits per heavy atom. The number of thiophene rings is 1. The third-order valence-electron chi connectivity index (χ3n) is 4.88. The molecule has 28 heavy (non-hydrogen) atoms. The summed E-state index contributed by atoms with van der Waals surface area (Å²) < 4.78 is 5.59. The van der Waals surface area contributed by atoms with Crippen LogP contribution in [-0.4, -0.2) is 36.0 Å². The summed E-state index contributed by atoms with van der Waals surface area (Å²) in [7, 11) is 1.84. The minimum Gasteiger partial charge on any atom is -0.443 e. The molecule has 1 aromatic carbocycles. The molecule has 0 radical (unpaired) electrons. The van der Waals surface area contributed by atoms with Crippen molar-refractivity contribution < 1.29 is 4.42 Å². The summed E-state index contributed by atoms with van der Waals surface area (Å²) in [4.78, 5) is 12.4. The largest absolute Gasteiger partial charge is 0.443 e. The Balaban J connectivity index is 0.00000225. The number of nitrogens with zero attached hydrogens (tertiary/aromatic N) is 3. The van der Waals surface area contributed by atoms with Crippen LogP contribution in [0, 0.1) is 5.92 Å². The Morgan fingerprint density at radius 2 is 2.14 bits per heavy atom. The van der Waals surface area contributed by atoms with Gasteiger partial charge < -0.3 is 14.6 Å². The molecule has 1 unspecified atom stereocenters. The van der Waals surface area contributed by atoms with E-state index in [-0.39, 0.29) is 24.0 Å². The molecule has 0 spiro atoms. The number of aromatic nitrogens is 1. The molecule has 5 nitrogen and oxygen atoms in total. The summed E-state index contributed by atoms with van der Waals surface area (Å²) in [5, 5.41) is 5.45. The molecule has 1 atom stereocenters. The van der Waals surface area contributed by atoms with Crippen molar-refractivity contribution in [2.75, 3.05) is 20.1 Å². The van der Waals surface area contributed by atoms with Gasteiger partial charge in [-0.15, -0.1) is 35.3 Å². The van der Waals surface area contributed by atoms with E-state index in [1.807, 2.05) is 24.6 Å². The number of hydrogen-bond acceptors (Lipinski definition) is 4. The van der Waals surface area contributed by atoms with E-state index >= 15 is 0 Å². The molecule has 0 amide bonds. The van der Waals surface area contributed by atoms with Gasteiger partial charge in [-0.05, 0) is 35.8 Å². The van der Waals surface area contributed by atoms with Crippen LogP contribution in [0.2, 0.25) is 0 Å². The van der Waals surface area contributed by atoms with Gasteiger partial charge in [0.2, 0.25) is 5.89 Å². The maximum Gasteiger partial charge on any atom is 0.236 e. The number of hydrogen-bond donors (Lipinski definition) is 1. The average Bonchev–Trinajstić information content (AvgIpc) is 3.45. The second-order valence-electron chi connectivity index (χ2n) is 6.81. The quantitative estimate of drug-likeness (QED) is 0.310. The molecule has 1 N–H and O–H groups in total. The van der Waals surface area contributed by atoms with Crippen LogP contribution in [0.15, 0.2) is 63.5 Å². The van der Waals surface area contributed by atoms with Crippen LogP contribution in [0.4, 0.5) is 0 Å². The number of benzene rings is 1. The summed E-state index contributed by atoms with van der Waals surface area (Å²) >= 11 is 1.63. The molecule has 4 rings (SSSR count). The average molecular weight is 508 g/mol. The van der Waals surface area contributed by atoms with E-state index in [1.165, 1.54) is 12.0 Å². The third-order valence-corrected chi connectivity index (χ3v) is 5.73. The van der Waals surface area contributed by atoms with E-state index < -0.39 is 0 Å². The fourth-order valence-electron chi connectivity index (χ4n) is 3.54. The summed E-state index contributed by atoms with van der Waals surface area (Å²) in [6.45, 7) is 2.69. The maximum atomic E-state index is 5.59. The zero-order valence-corrected chi connectivity index (χ0v) is 19.0. The van der Waals surface area contributed by atoms with Gasteiger partial charge in [-0.3, -0.25) is 4.99 Å². The Bertz CT molecular complexity index is 879.